The largest absolute Gasteiger partial charge is 0.495 e. The first kappa shape index (κ1) is 8.52. The van der Waals surface area contributed by atoms with Crippen LogP contribution in [0.4, 0.5) is 0 Å². The van der Waals surface area contributed by atoms with E-state index in [2.05, 4.69) is 4.98 Å². The molecule has 0 radical (unpaired) electrons. The van der Waals surface area contributed by atoms with E-state index in [9.17, 15) is 4.79 Å². The minimum Gasteiger partial charge on any atom is -0.495 e. The van der Waals surface area contributed by atoms with E-state index in [1.807, 2.05) is 0 Å². The first-order valence-corrected chi connectivity index (χ1v) is 3.39. The molecule has 0 aliphatic heterocycles. The molecule has 12 heavy (non-hydrogen) atoms. The summed E-state index contributed by atoms with van der Waals surface area (Å²) in [5, 5.41) is 8.60. The van der Waals surface area contributed by atoms with Gasteiger partial charge in [-0.25, -0.2) is 4.79 Å². The molecule has 0 amide bonds. The standard InChI is InChI=1S/C8H9NO3/c1-5-7(12-2)3-6(4-9-5)8(10)11/h3-4H,1-2H3,(H,10,11). The monoisotopic (exact) mass is 167 g/mol. The lowest BCUT2D eigenvalue weighted by atomic mass is 10.2. The lowest BCUT2D eigenvalue weighted by Crippen LogP contribution is -1.99. The summed E-state index contributed by atoms with van der Waals surface area (Å²) in [6, 6.07) is 1.45. The summed E-state index contributed by atoms with van der Waals surface area (Å²) in [6.07, 6.45) is 1.31. The number of hydrogen-bond acceptors (Lipinski definition) is 3. The normalized spacial score (nSPS) is 9.50. The molecule has 1 aromatic rings. The Morgan fingerprint density at radius 1 is 1.67 bits per heavy atom. The third-order valence-electron chi connectivity index (χ3n) is 1.51. The molecule has 0 spiro atoms. The Kier molecular flexibility index (Phi) is 2.28. The molecular weight excluding hydrogens is 158 g/mol. The summed E-state index contributed by atoms with van der Waals surface area (Å²) in [7, 11) is 1.48. The Labute approximate surface area is 69.8 Å². The van der Waals surface area contributed by atoms with Gasteiger partial charge in [-0.3, -0.25) is 4.98 Å². The second-order valence-electron chi connectivity index (χ2n) is 2.32. The molecule has 1 heterocycles. The van der Waals surface area contributed by atoms with E-state index in [0.717, 1.165) is 0 Å². The zero-order valence-electron chi connectivity index (χ0n) is 6.87. The van der Waals surface area contributed by atoms with E-state index in [-0.39, 0.29) is 5.56 Å². The number of carbonyl (C=O) groups is 1. The predicted molar refractivity (Wildman–Crippen MR) is 42.5 cm³/mol. The Bertz CT molecular complexity index is 309. The van der Waals surface area contributed by atoms with Crippen molar-refractivity contribution in [2.75, 3.05) is 7.11 Å². The van der Waals surface area contributed by atoms with Crippen molar-refractivity contribution in [2.45, 2.75) is 6.92 Å². The zero-order valence-corrected chi connectivity index (χ0v) is 6.87. The van der Waals surface area contributed by atoms with Gasteiger partial charge in [-0.15, -0.1) is 0 Å². The molecular formula is C8H9NO3. The van der Waals surface area contributed by atoms with Crippen molar-refractivity contribution in [1.82, 2.24) is 4.98 Å². The molecule has 0 atom stereocenters. The lowest BCUT2D eigenvalue weighted by Gasteiger charge is -2.03. The first-order valence-electron chi connectivity index (χ1n) is 3.39. The third kappa shape index (κ3) is 1.53. The number of rotatable bonds is 2. The van der Waals surface area contributed by atoms with Crippen LogP contribution < -0.4 is 4.74 Å². The molecule has 0 bridgehead atoms. The third-order valence-corrected chi connectivity index (χ3v) is 1.51. The number of aryl methyl sites for hydroxylation is 1. The van der Waals surface area contributed by atoms with E-state index in [4.69, 9.17) is 9.84 Å². The van der Waals surface area contributed by atoms with E-state index in [1.165, 1.54) is 19.4 Å². The summed E-state index contributed by atoms with van der Waals surface area (Å²) in [5.74, 6) is -0.504. The van der Waals surface area contributed by atoms with Gasteiger partial charge in [-0.2, -0.15) is 0 Å². The number of carboxylic acid groups (broad SMARTS) is 1. The molecule has 4 heteroatoms. The van der Waals surface area contributed by atoms with E-state index in [1.54, 1.807) is 6.92 Å². The maximum atomic E-state index is 10.5. The second-order valence-corrected chi connectivity index (χ2v) is 2.32. The van der Waals surface area contributed by atoms with E-state index < -0.39 is 5.97 Å². The van der Waals surface area contributed by atoms with Crippen LogP contribution in [0.3, 0.4) is 0 Å². The average molecular weight is 167 g/mol. The van der Waals surface area contributed by atoms with Crippen LogP contribution in [0.1, 0.15) is 16.1 Å². The Hall–Kier alpha value is -1.58. The maximum Gasteiger partial charge on any atom is 0.337 e. The highest BCUT2D eigenvalue weighted by Crippen LogP contribution is 2.15. The number of hydrogen-bond donors (Lipinski definition) is 1. The highest BCUT2D eigenvalue weighted by atomic mass is 16.5. The summed E-state index contributed by atoms with van der Waals surface area (Å²) in [5.41, 5.74) is 0.819. The highest BCUT2D eigenvalue weighted by Gasteiger charge is 2.06. The van der Waals surface area contributed by atoms with Gasteiger partial charge in [0, 0.05) is 6.20 Å². The fourth-order valence-electron chi connectivity index (χ4n) is 0.837. The fourth-order valence-corrected chi connectivity index (χ4v) is 0.837. The minimum absolute atomic E-state index is 0.137. The summed E-state index contributed by atoms with van der Waals surface area (Å²) in [6.45, 7) is 1.75. The van der Waals surface area contributed by atoms with Gasteiger partial charge in [-0.05, 0) is 13.0 Å². The van der Waals surface area contributed by atoms with Crippen LogP contribution in [-0.2, 0) is 0 Å². The molecule has 0 unspecified atom stereocenters. The fraction of sp³-hybridized carbons (Fsp3) is 0.250. The molecule has 0 fully saturated rings. The number of aromatic carboxylic acids is 1. The SMILES string of the molecule is COc1cc(C(=O)O)cnc1C. The average Bonchev–Trinajstić information content (AvgIpc) is 2.05. The molecule has 0 saturated carbocycles. The van der Waals surface area contributed by atoms with Crippen LogP contribution in [0, 0.1) is 6.92 Å². The van der Waals surface area contributed by atoms with Crippen LogP contribution in [-0.4, -0.2) is 23.2 Å². The number of pyridine rings is 1. The van der Waals surface area contributed by atoms with Gasteiger partial charge >= 0.3 is 5.97 Å². The molecule has 1 rings (SSSR count). The first-order chi connectivity index (χ1) is 5.65. The van der Waals surface area contributed by atoms with Gasteiger partial charge in [0.25, 0.3) is 0 Å². The van der Waals surface area contributed by atoms with Gasteiger partial charge in [0.1, 0.15) is 5.75 Å². The minimum atomic E-state index is -0.999. The van der Waals surface area contributed by atoms with E-state index >= 15 is 0 Å². The molecule has 0 saturated heterocycles. The van der Waals surface area contributed by atoms with Crippen molar-refractivity contribution in [2.24, 2.45) is 0 Å². The van der Waals surface area contributed by atoms with Crippen LogP contribution in [0.5, 0.6) is 5.75 Å². The van der Waals surface area contributed by atoms with E-state index in [0.29, 0.717) is 11.4 Å². The predicted octanol–water partition coefficient (Wildman–Crippen LogP) is 1.10. The maximum absolute atomic E-state index is 10.5. The van der Waals surface area contributed by atoms with Crippen LogP contribution in [0.2, 0.25) is 0 Å². The Morgan fingerprint density at radius 2 is 2.33 bits per heavy atom. The number of carboxylic acids is 1. The molecule has 1 aromatic heterocycles. The number of nitrogens with zero attached hydrogens (tertiary/aromatic N) is 1. The van der Waals surface area contributed by atoms with Gasteiger partial charge in [0.05, 0.1) is 18.4 Å². The summed E-state index contributed by atoms with van der Waals surface area (Å²) >= 11 is 0. The van der Waals surface area contributed by atoms with Crippen molar-refractivity contribution in [3.05, 3.63) is 23.5 Å². The van der Waals surface area contributed by atoms with Gasteiger partial charge in [-0.1, -0.05) is 0 Å². The van der Waals surface area contributed by atoms with Crippen LogP contribution >= 0.6 is 0 Å². The number of methoxy groups -OCH3 is 1. The summed E-state index contributed by atoms with van der Waals surface area (Å²) in [4.78, 5) is 14.4. The van der Waals surface area contributed by atoms with Crippen molar-refractivity contribution < 1.29 is 14.6 Å². The van der Waals surface area contributed by atoms with Crippen LogP contribution in [0.25, 0.3) is 0 Å². The van der Waals surface area contributed by atoms with Crippen LogP contribution in [0.15, 0.2) is 12.3 Å². The number of ether oxygens (including phenoxy) is 1. The topological polar surface area (TPSA) is 59.4 Å². The van der Waals surface area contributed by atoms with Gasteiger partial charge < -0.3 is 9.84 Å². The second kappa shape index (κ2) is 3.21. The Morgan fingerprint density at radius 3 is 2.83 bits per heavy atom. The molecule has 1 N–H and O–H groups in total. The lowest BCUT2D eigenvalue weighted by molar-refractivity contribution is 0.0696. The van der Waals surface area contributed by atoms with Crippen molar-refractivity contribution in [3.8, 4) is 5.75 Å². The summed E-state index contributed by atoms with van der Waals surface area (Å²) < 4.78 is 4.91. The zero-order chi connectivity index (χ0) is 9.14. The quantitative estimate of drug-likeness (QED) is 0.716. The molecule has 0 aromatic carbocycles. The van der Waals surface area contributed by atoms with Crippen molar-refractivity contribution in [1.29, 1.82) is 0 Å². The van der Waals surface area contributed by atoms with Crippen molar-refractivity contribution in [3.63, 3.8) is 0 Å². The smallest absolute Gasteiger partial charge is 0.337 e. The Balaban J connectivity index is 3.13. The highest BCUT2D eigenvalue weighted by molar-refractivity contribution is 5.87. The van der Waals surface area contributed by atoms with Gasteiger partial charge in [0.15, 0.2) is 0 Å². The molecule has 0 aliphatic carbocycles. The van der Waals surface area contributed by atoms with Gasteiger partial charge in [0.2, 0.25) is 0 Å². The molecule has 0 aliphatic rings. The molecule has 4 nitrogen and oxygen atoms in total. The molecule has 64 valence electrons. The van der Waals surface area contributed by atoms with Crippen molar-refractivity contribution >= 4 is 5.97 Å². The number of aromatic nitrogens is 1.